The Morgan fingerprint density at radius 3 is 2.87 bits per heavy atom. The van der Waals surface area contributed by atoms with Gasteiger partial charge in [0.15, 0.2) is 0 Å². The van der Waals surface area contributed by atoms with Crippen LogP contribution in [0.4, 0.5) is 5.69 Å². The number of nitrogen functional groups attached to an aromatic ring is 1. The van der Waals surface area contributed by atoms with Crippen LogP contribution in [0.3, 0.4) is 0 Å². The highest BCUT2D eigenvalue weighted by molar-refractivity contribution is 7.21. The van der Waals surface area contributed by atoms with Crippen LogP contribution in [0.15, 0.2) is 6.07 Å². The van der Waals surface area contributed by atoms with E-state index in [9.17, 15) is 4.79 Å². The summed E-state index contributed by atoms with van der Waals surface area (Å²) in [7, 11) is 2.13. The van der Waals surface area contributed by atoms with Crippen LogP contribution >= 0.6 is 11.3 Å². The number of aromatic nitrogens is 1. The number of pyridine rings is 1. The summed E-state index contributed by atoms with van der Waals surface area (Å²) in [6.07, 6.45) is 11.9. The molecule has 0 saturated heterocycles. The first-order valence-electron chi connectivity index (χ1n) is 12.2. The van der Waals surface area contributed by atoms with Crippen LogP contribution in [0.1, 0.15) is 79.2 Å². The zero-order valence-corrected chi connectivity index (χ0v) is 19.8. The van der Waals surface area contributed by atoms with Gasteiger partial charge in [-0.3, -0.25) is 4.79 Å². The zero-order chi connectivity index (χ0) is 21.5. The summed E-state index contributed by atoms with van der Waals surface area (Å²) in [5.41, 5.74) is 9.41. The van der Waals surface area contributed by atoms with Crippen LogP contribution in [0, 0.1) is 17.8 Å². The Kier molecular flexibility index (Phi) is 5.95. The SMILES string of the molecule is CC(CC[C@@H]1C[C@@H]2CCC[C@@H](C2)C1)NC(=O)c1sc2nc3c(cc2c1N)CN(C)CC3. The largest absolute Gasteiger partial charge is 0.397 e. The fourth-order valence-corrected chi connectivity index (χ4v) is 7.26. The molecule has 0 radical (unpaired) electrons. The number of nitrogens with zero attached hydrogens (tertiary/aromatic N) is 2. The highest BCUT2D eigenvalue weighted by Crippen LogP contribution is 2.44. The molecule has 1 aliphatic heterocycles. The predicted octanol–water partition coefficient (Wildman–Crippen LogP) is 4.98. The first kappa shape index (κ1) is 21.2. The molecule has 2 aromatic heterocycles. The second-order valence-electron chi connectivity index (χ2n) is 10.5. The molecule has 0 aromatic carbocycles. The summed E-state index contributed by atoms with van der Waals surface area (Å²) in [4.78, 5) is 21.7. The molecule has 6 heteroatoms. The van der Waals surface area contributed by atoms with Gasteiger partial charge < -0.3 is 16.0 Å². The number of nitrogens with two attached hydrogens (primary N) is 1. The number of fused-ring (bicyclic) bond motifs is 4. The van der Waals surface area contributed by atoms with Crippen molar-refractivity contribution in [2.45, 2.75) is 77.3 Å². The molecule has 31 heavy (non-hydrogen) atoms. The van der Waals surface area contributed by atoms with Crippen molar-refractivity contribution in [2.24, 2.45) is 17.8 Å². The monoisotopic (exact) mass is 440 g/mol. The predicted molar refractivity (Wildman–Crippen MR) is 128 cm³/mol. The summed E-state index contributed by atoms with van der Waals surface area (Å²) >= 11 is 1.44. The number of amides is 1. The number of likely N-dealkylation sites (N-methyl/N-ethyl adjacent to an activating group) is 1. The summed E-state index contributed by atoms with van der Waals surface area (Å²) in [5.74, 6) is 2.76. The topological polar surface area (TPSA) is 71.2 Å². The maximum absolute atomic E-state index is 13.0. The minimum atomic E-state index is -0.0383. The Balaban J connectivity index is 1.22. The van der Waals surface area contributed by atoms with Crippen LogP contribution in [0.25, 0.3) is 10.2 Å². The first-order chi connectivity index (χ1) is 15.0. The van der Waals surface area contributed by atoms with Gasteiger partial charge in [-0.1, -0.05) is 19.3 Å². The van der Waals surface area contributed by atoms with E-state index in [4.69, 9.17) is 10.7 Å². The van der Waals surface area contributed by atoms with Crippen LogP contribution in [0.2, 0.25) is 0 Å². The number of hydrogen-bond donors (Lipinski definition) is 2. The number of rotatable bonds is 5. The average molecular weight is 441 g/mol. The van der Waals surface area contributed by atoms with E-state index in [0.717, 1.165) is 59.6 Å². The molecule has 168 valence electrons. The van der Waals surface area contributed by atoms with Crippen LogP contribution in [-0.4, -0.2) is 35.4 Å². The van der Waals surface area contributed by atoms with E-state index in [0.29, 0.717) is 10.6 Å². The lowest BCUT2D eigenvalue weighted by Gasteiger charge is -2.39. The van der Waals surface area contributed by atoms with Crippen molar-refractivity contribution in [1.29, 1.82) is 0 Å². The normalized spacial score (nSPS) is 27.1. The maximum atomic E-state index is 13.0. The van der Waals surface area contributed by atoms with Crippen LogP contribution in [-0.2, 0) is 13.0 Å². The van der Waals surface area contributed by atoms with Gasteiger partial charge in [0.05, 0.1) is 5.69 Å². The number of anilines is 1. The molecule has 0 spiro atoms. The second-order valence-corrected chi connectivity index (χ2v) is 11.5. The molecule has 3 heterocycles. The van der Waals surface area contributed by atoms with Crippen molar-refractivity contribution >= 4 is 33.1 Å². The molecule has 3 aliphatic rings. The van der Waals surface area contributed by atoms with Gasteiger partial charge in [-0.15, -0.1) is 11.3 Å². The number of hydrogen-bond acceptors (Lipinski definition) is 5. The van der Waals surface area contributed by atoms with Crippen molar-refractivity contribution < 1.29 is 4.79 Å². The highest BCUT2D eigenvalue weighted by atomic mass is 32.1. The van der Waals surface area contributed by atoms with E-state index >= 15 is 0 Å². The molecule has 1 amide bonds. The molecular weight excluding hydrogens is 404 g/mol. The molecular formula is C25H36N4OS. The van der Waals surface area contributed by atoms with Crippen molar-refractivity contribution in [3.8, 4) is 0 Å². The molecule has 5 rings (SSSR count). The van der Waals surface area contributed by atoms with E-state index in [2.05, 4.69) is 30.3 Å². The summed E-state index contributed by atoms with van der Waals surface area (Å²) in [5, 5.41) is 4.16. The number of nitrogens with one attached hydrogen (secondary N) is 1. The van der Waals surface area contributed by atoms with E-state index in [1.54, 1.807) is 0 Å². The molecule has 2 saturated carbocycles. The van der Waals surface area contributed by atoms with Gasteiger partial charge in [0.1, 0.15) is 9.71 Å². The van der Waals surface area contributed by atoms with Crippen LogP contribution < -0.4 is 11.1 Å². The summed E-state index contributed by atoms with van der Waals surface area (Å²) < 4.78 is 0. The lowest BCUT2D eigenvalue weighted by atomic mass is 9.67. The smallest absolute Gasteiger partial charge is 0.263 e. The van der Waals surface area contributed by atoms with Gasteiger partial charge in [0.2, 0.25) is 0 Å². The third kappa shape index (κ3) is 4.47. The minimum Gasteiger partial charge on any atom is -0.397 e. The Morgan fingerprint density at radius 1 is 1.32 bits per heavy atom. The third-order valence-corrected chi connectivity index (χ3v) is 8.99. The molecule has 2 fully saturated rings. The van der Waals surface area contributed by atoms with Gasteiger partial charge in [-0.2, -0.15) is 0 Å². The second kappa shape index (κ2) is 8.70. The minimum absolute atomic E-state index is 0.0383. The van der Waals surface area contributed by atoms with Crippen LogP contribution in [0.5, 0.6) is 0 Å². The summed E-state index contributed by atoms with van der Waals surface area (Å²) in [6, 6.07) is 2.33. The van der Waals surface area contributed by atoms with Crippen molar-refractivity contribution in [2.75, 3.05) is 19.3 Å². The highest BCUT2D eigenvalue weighted by Gasteiger charge is 2.31. The molecule has 5 nitrogen and oxygen atoms in total. The Labute approximate surface area is 189 Å². The van der Waals surface area contributed by atoms with Gasteiger partial charge in [0, 0.05) is 36.6 Å². The van der Waals surface area contributed by atoms with Crippen molar-refractivity contribution in [3.63, 3.8) is 0 Å². The fourth-order valence-electron chi connectivity index (χ4n) is 6.26. The Bertz CT molecular complexity index is 958. The molecule has 4 atom stereocenters. The third-order valence-electron chi connectivity index (χ3n) is 7.88. The average Bonchev–Trinajstić information content (AvgIpc) is 3.06. The maximum Gasteiger partial charge on any atom is 0.263 e. The standard InChI is InChI=1S/C25H36N4OS/c1-15(6-7-18-11-16-4-3-5-17(10-16)12-18)27-24(30)23-22(26)20-13-19-14-29(2)9-8-21(19)28-25(20)31-23/h13,15-18H,3-12,14,26H2,1-2H3,(H,27,30)/t15?,16-,17+,18-. The molecule has 2 bridgehead atoms. The molecule has 2 aromatic rings. The molecule has 2 aliphatic carbocycles. The van der Waals surface area contributed by atoms with Gasteiger partial charge in [-0.05, 0) is 75.5 Å². The molecule has 3 N–H and O–H groups in total. The number of carbonyl (C=O) groups excluding carboxylic acids is 1. The van der Waals surface area contributed by atoms with E-state index < -0.39 is 0 Å². The molecule has 1 unspecified atom stereocenters. The van der Waals surface area contributed by atoms with Crippen molar-refractivity contribution in [3.05, 3.63) is 22.2 Å². The quantitative estimate of drug-likeness (QED) is 0.688. The fraction of sp³-hybridized carbons (Fsp3) is 0.680. The lowest BCUT2D eigenvalue weighted by Crippen LogP contribution is -2.33. The zero-order valence-electron chi connectivity index (χ0n) is 19.0. The van der Waals surface area contributed by atoms with E-state index in [1.165, 1.54) is 61.8 Å². The summed E-state index contributed by atoms with van der Waals surface area (Å²) in [6.45, 7) is 4.06. The number of thiophene rings is 1. The number of carbonyl (C=O) groups is 1. The van der Waals surface area contributed by atoms with E-state index in [-0.39, 0.29) is 11.9 Å². The Morgan fingerprint density at radius 2 is 2.10 bits per heavy atom. The van der Waals surface area contributed by atoms with Gasteiger partial charge in [0.25, 0.3) is 5.91 Å². The van der Waals surface area contributed by atoms with Crippen molar-refractivity contribution in [1.82, 2.24) is 15.2 Å². The van der Waals surface area contributed by atoms with E-state index in [1.807, 2.05) is 0 Å². The van der Waals surface area contributed by atoms with Gasteiger partial charge in [-0.25, -0.2) is 4.98 Å². The lowest BCUT2D eigenvalue weighted by molar-refractivity contribution is 0.0935. The Hall–Kier alpha value is -1.66. The first-order valence-corrected chi connectivity index (χ1v) is 13.0. The van der Waals surface area contributed by atoms with Gasteiger partial charge >= 0.3 is 0 Å².